The quantitative estimate of drug-likeness (QED) is 0.819. The van der Waals surface area contributed by atoms with Crippen molar-refractivity contribution >= 4 is 0 Å². The molecule has 1 aliphatic rings. The van der Waals surface area contributed by atoms with Gasteiger partial charge in [0.05, 0.1) is 0 Å². The standard InChI is InChI=1S/C14H20F2N2/c1-9(10-2-3-10)8-18-14(7-17)11-4-12(15)6-13(16)5-11/h4-6,9-10,14,18H,2-3,7-8,17H2,1H3. The van der Waals surface area contributed by atoms with E-state index in [1.807, 2.05) is 0 Å². The Morgan fingerprint density at radius 3 is 2.39 bits per heavy atom. The topological polar surface area (TPSA) is 38.0 Å². The van der Waals surface area contributed by atoms with Gasteiger partial charge in [0.1, 0.15) is 11.6 Å². The molecule has 0 spiro atoms. The average molecular weight is 254 g/mol. The van der Waals surface area contributed by atoms with E-state index in [-0.39, 0.29) is 6.04 Å². The SMILES string of the molecule is CC(CNC(CN)c1cc(F)cc(F)c1)C1CC1. The summed E-state index contributed by atoms with van der Waals surface area (Å²) >= 11 is 0. The summed E-state index contributed by atoms with van der Waals surface area (Å²) in [6.07, 6.45) is 2.59. The molecule has 0 radical (unpaired) electrons. The molecule has 2 nitrogen and oxygen atoms in total. The summed E-state index contributed by atoms with van der Waals surface area (Å²) in [6, 6.07) is 3.38. The van der Waals surface area contributed by atoms with Crippen molar-refractivity contribution in [3.8, 4) is 0 Å². The molecule has 0 heterocycles. The van der Waals surface area contributed by atoms with E-state index in [0.29, 0.717) is 18.0 Å². The van der Waals surface area contributed by atoms with Gasteiger partial charge >= 0.3 is 0 Å². The van der Waals surface area contributed by atoms with E-state index in [4.69, 9.17) is 5.73 Å². The summed E-state index contributed by atoms with van der Waals surface area (Å²) in [5.41, 5.74) is 6.26. The molecule has 0 amide bonds. The molecular weight excluding hydrogens is 234 g/mol. The summed E-state index contributed by atoms with van der Waals surface area (Å²) < 4.78 is 26.3. The zero-order valence-corrected chi connectivity index (χ0v) is 10.6. The predicted octanol–water partition coefficient (Wildman–Crippen LogP) is 2.60. The smallest absolute Gasteiger partial charge is 0.126 e. The maximum atomic E-state index is 13.2. The lowest BCUT2D eigenvalue weighted by Gasteiger charge is -2.20. The molecule has 18 heavy (non-hydrogen) atoms. The van der Waals surface area contributed by atoms with Gasteiger partial charge in [-0.2, -0.15) is 0 Å². The molecule has 2 unspecified atom stereocenters. The van der Waals surface area contributed by atoms with Crippen molar-refractivity contribution in [3.05, 3.63) is 35.4 Å². The molecule has 100 valence electrons. The van der Waals surface area contributed by atoms with Crippen molar-refractivity contribution < 1.29 is 8.78 Å². The lowest BCUT2D eigenvalue weighted by Crippen LogP contribution is -2.32. The van der Waals surface area contributed by atoms with Crippen molar-refractivity contribution in [1.29, 1.82) is 0 Å². The van der Waals surface area contributed by atoms with Crippen LogP contribution in [0.3, 0.4) is 0 Å². The van der Waals surface area contributed by atoms with E-state index in [2.05, 4.69) is 12.2 Å². The van der Waals surface area contributed by atoms with Crippen LogP contribution in [0.15, 0.2) is 18.2 Å². The van der Waals surface area contributed by atoms with Gasteiger partial charge in [-0.1, -0.05) is 6.92 Å². The van der Waals surface area contributed by atoms with E-state index in [1.165, 1.54) is 25.0 Å². The van der Waals surface area contributed by atoms with Crippen molar-refractivity contribution in [1.82, 2.24) is 5.32 Å². The van der Waals surface area contributed by atoms with Crippen LogP contribution in [0.4, 0.5) is 8.78 Å². The molecular formula is C14H20F2N2. The Balaban J connectivity index is 1.98. The summed E-state index contributed by atoms with van der Waals surface area (Å²) in [5.74, 6) is 0.290. The number of hydrogen-bond donors (Lipinski definition) is 2. The van der Waals surface area contributed by atoms with Crippen LogP contribution in [0.5, 0.6) is 0 Å². The van der Waals surface area contributed by atoms with Gasteiger partial charge in [0.15, 0.2) is 0 Å². The average Bonchev–Trinajstić information content (AvgIpc) is 3.12. The largest absolute Gasteiger partial charge is 0.329 e. The fourth-order valence-electron chi connectivity index (χ4n) is 2.27. The maximum absolute atomic E-state index is 13.2. The second-order valence-corrected chi connectivity index (χ2v) is 5.21. The maximum Gasteiger partial charge on any atom is 0.126 e. The Morgan fingerprint density at radius 2 is 1.89 bits per heavy atom. The van der Waals surface area contributed by atoms with Crippen LogP contribution in [-0.2, 0) is 0 Å². The molecule has 0 aromatic heterocycles. The first-order valence-corrected chi connectivity index (χ1v) is 6.49. The minimum Gasteiger partial charge on any atom is -0.329 e. The van der Waals surface area contributed by atoms with Gasteiger partial charge < -0.3 is 11.1 Å². The van der Waals surface area contributed by atoms with Crippen LogP contribution in [0.1, 0.15) is 31.4 Å². The highest BCUT2D eigenvalue weighted by Crippen LogP contribution is 2.36. The number of benzene rings is 1. The summed E-state index contributed by atoms with van der Waals surface area (Å²) in [7, 11) is 0. The number of halogens is 2. The van der Waals surface area contributed by atoms with Crippen LogP contribution in [-0.4, -0.2) is 13.1 Å². The molecule has 1 aromatic carbocycles. The summed E-state index contributed by atoms with van der Waals surface area (Å²) in [4.78, 5) is 0. The first-order chi connectivity index (χ1) is 8.60. The molecule has 1 saturated carbocycles. The van der Waals surface area contributed by atoms with Gasteiger partial charge in [0.2, 0.25) is 0 Å². The van der Waals surface area contributed by atoms with E-state index < -0.39 is 11.6 Å². The van der Waals surface area contributed by atoms with Crippen LogP contribution < -0.4 is 11.1 Å². The van der Waals surface area contributed by atoms with Crippen LogP contribution in [0.2, 0.25) is 0 Å². The first kappa shape index (κ1) is 13.4. The van der Waals surface area contributed by atoms with Crippen molar-refractivity contribution in [2.24, 2.45) is 17.6 Å². The van der Waals surface area contributed by atoms with Gasteiger partial charge in [-0.3, -0.25) is 0 Å². The molecule has 0 bridgehead atoms. The monoisotopic (exact) mass is 254 g/mol. The van der Waals surface area contributed by atoms with Gasteiger partial charge in [0.25, 0.3) is 0 Å². The molecule has 4 heteroatoms. The Morgan fingerprint density at radius 1 is 1.28 bits per heavy atom. The third-order valence-electron chi connectivity index (χ3n) is 3.64. The molecule has 1 fully saturated rings. The highest BCUT2D eigenvalue weighted by Gasteiger charge is 2.28. The minimum atomic E-state index is -0.555. The zero-order chi connectivity index (χ0) is 13.1. The Kier molecular flexibility index (Phi) is 4.30. The summed E-state index contributed by atoms with van der Waals surface area (Å²) in [6.45, 7) is 3.37. The molecule has 2 atom stereocenters. The third-order valence-corrected chi connectivity index (χ3v) is 3.64. The first-order valence-electron chi connectivity index (χ1n) is 6.49. The van der Waals surface area contributed by atoms with Crippen LogP contribution >= 0.6 is 0 Å². The molecule has 1 aromatic rings. The van der Waals surface area contributed by atoms with Gasteiger partial charge in [-0.25, -0.2) is 8.78 Å². The fraction of sp³-hybridized carbons (Fsp3) is 0.571. The second-order valence-electron chi connectivity index (χ2n) is 5.21. The Labute approximate surface area is 107 Å². The zero-order valence-electron chi connectivity index (χ0n) is 10.6. The van der Waals surface area contributed by atoms with E-state index in [1.54, 1.807) is 0 Å². The third kappa shape index (κ3) is 3.50. The number of nitrogens with two attached hydrogens (primary N) is 1. The van der Waals surface area contributed by atoms with Crippen molar-refractivity contribution in [2.75, 3.05) is 13.1 Å². The highest BCUT2D eigenvalue weighted by molar-refractivity contribution is 5.21. The normalized spacial score (nSPS) is 18.7. The van der Waals surface area contributed by atoms with Crippen molar-refractivity contribution in [2.45, 2.75) is 25.8 Å². The van der Waals surface area contributed by atoms with Gasteiger partial charge in [-0.05, 0) is 48.9 Å². The van der Waals surface area contributed by atoms with Crippen LogP contribution in [0, 0.1) is 23.5 Å². The summed E-state index contributed by atoms with van der Waals surface area (Å²) in [5, 5.41) is 3.30. The minimum absolute atomic E-state index is 0.184. The molecule has 0 saturated heterocycles. The second kappa shape index (κ2) is 5.76. The van der Waals surface area contributed by atoms with E-state index >= 15 is 0 Å². The van der Waals surface area contributed by atoms with Crippen LogP contribution in [0.25, 0.3) is 0 Å². The van der Waals surface area contributed by atoms with Crippen molar-refractivity contribution in [3.63, 3.8) is 0 Å². The van der Waals surface area contributed by atoms with Gasteiger partial charge in [-0.15, -0.1) is 0 Å². The highest BCUT2D eigenvalue weighted by atomic mass is 19.1. The predicted molar refractivity (Wildman–Crippen MR) is 68.0 cm³/mol. The Hall–Kier alpha value is -1.00. The number of rotatable bonds is 6. The number of nitrogens with one attached hydrogen (secondary N) is 1. The lowest BCUT2D eigenvalue weighted by molar-refractivity contribution is 0.421. The molecule has 0 aliphatic heterocycles. The van der Waals surface area contributed by atoms with Gasteiger partial charge in [0, 0.05) is 18.7 Å². The molecule has 2 rings (SSSR count). The molecule has 1 aliphatic carbocycles. The van der Waals surface area contributed by atoms with E-state index in [0.717, 1.165) is 18.5 Å². The lowest BCUT2D eigenvalue weighted by atomic mass is 10.0. The number of hydrogen-bond acceptors (Lipinski definition) is 2. The molecule has 3 N–H and O–H groups in total. The fourth-order valence-corrected chi connectivity index (χ4v) is 2.27. The Bertz CT molecular complexity index is 385. The van der Waals surface area contributed by atoms with E-state index in [9.17, 15) is 8.78 Å².